The van der Waals surface area contributed by atoms with Gasteiger partial charge in [0, 0.05) is 11.4 Å². The summed E-state index contributed by atoms with van der Waals surface area (Å²) >= 11 is 6.08. The highest BCUT2D eigenvalue weighted by Crippen LogP contribution is 2.39. The van der Waals surface area contributed by atoms with Crippen LogP contribution in [0.15, 0.2) is 16.5 Å². The van der Waals surface area contributed by atoms with Gasteiger partial charge in [0.05, 0.1) is 0 Å². The number of aromatic nitrogens is 1. The van der Waals surface area contributed by atoms with Gasteiger partial charge in [-0.15, -0.1) is 0 Å². The summed E-state index contributed by atoms with van der Waals surface area (Å²) < 4.78 is 5.96. The standard InChI is InChI=1S/C16H21ClN2O/c1-11-7-12(17)8-13-15(11)20-14(19-13)9-16(10-18)5-3-2-4-6-16/h7-8H,2-6,9-10,18H2,1H3. The summed E-state index contributed by atoms with van der Waals surface area (Å²) in [4.78, 5) is 4.61. The Hall–Kier alpha value is -1.06. The van der Waals surface area contributed by atoms with Gasteiger partial charge in [-0.1, -0.05) is 30.9 Å². The number of nitrogens with two attached hydrogens (primary N) is 1. The first-order valence-electron chi connectivity index (χ1n) is 7.38. The average Bonchev–Trinajstić information content (AvgIpc) is 2.82. The molecule has 1 fully saturated rings. The number of aryl methyl sites for hydroxylation is 1. The Morgan fingerprint density at radius 3 is 2.75 bits per heavy atom. The van der Waals surface area contributed by atoms with Crippen LogP contribution < -0.4 is 5.73 Å². The van der Waals surface area contributed by atoms with Gasteiger partial charge < -0.3 is 10.2 Å². The second-order valence-electron chi connectivity index (χ2n) is 6.12. The largest absolute Gasteiger partial charge is 0.440 e. The van der Waals surface area contributed by atoms with Crippen LogP contribution in [-0.2, 0) is 6.42 Å². The minimum atomic E-state index is 0.177. The Kier molecular flexibility index (Phi) is 3.74. The zero-order valence-corrected chi connectivity index (χ0v) is 12.7. The van der Waals surface area contributed by atoms with Crippen LogP contribution >= 0.6 is 11.6 Å². The number of halogens is 1. The normalized spacial score (nSPS) is 18.6. The number of hydrogen-bond acceptors (Lipinski definition) is 3. The Labute approximate surface area is 124 Å². The van der Waals surface area contributed by atoms with Crippen molar-refractivity contribution < 1.29 is 4.42 Å². The van der Waals surface area contributed by atoms with E-state index in [0.29, 0.717) is 11.6 Å². The molecule has 3 nitrogen and oxygen atoms in total. The van der Waals surface area contributed by atoms with Crippen LogP contribution in [0.5, 0.6) is 0 Å². The summed E-state index contributed by atoms with van der Waals surface area (Å²) in [7, 11) is 0. The van der Waals surface area contributed by atoms with E-state index in [1.54, 1.807) is 0 Å². The molecule has 1 aromatic heterocycles. The van der Waals surface area contributed by atoms with E-state index in [0.717, 1.165) is 29.0 Å². The number of nitrogens with zero attached hydrogens (tertiary/aromatic N) is 1. The fraction of sp³-hybridized carbons (Fsp3) is 0.562. The van der Waals surface area contributed by atoms with Crippen LogP contribution in [-0.4, -0.2) is 11.5 Å². The topological polar surface area (TPSA) is 52.0 Å². The Morgan fingerprint density at radius 2 is 2.05 bits per heavy atom. The van der Waals surface area contributed by atoms with Crippen molar-refractivity contribution in [3.05, 3.63) is 28.6 Å². The molecule has 20 heavy (non-hydrogen) atoms. The van der Waals surface area contributed by atoms with E-state index in [1.165, 1.54) is 32.1 Å². The van der Waals surface area contributed by atoms with Crippen molar-refractivity contribution in [1.29, 1.82) is 0 Å². The number of rotatable bonds is 3. The van der Waals surface area contributed by atoms with E-state index in [1.807, 2.05) is 19.1 Å². The highest BCUT2D eigenvalue weighted by atomic mass is 35.5. The van der Waals surface area contributed by atoms with E-state index in [-0.39, 0.29) is 5.41 Å². The van der Waals surface area contributed by atoms with E-state index >= 15 is 0 Å². The lowest BCUT2D eigenvalue weighted by molar-refractivity contribution is 0.184. The van der Waals surface area contributed by atoms with Crippen molar-refractivity contribution in [2.45, 2.75) is 45.4 Å². The van der Waals surface area contributed by atoms with Gasteiger partial charge in [0.25, 0.3) is 0 Å². The van der Waals surface area contributed by atoms with E-state index < -0.39 is 0 Å². The molecule has 1 heterocycles. The van der Waals surface area contributed by atoms with E-state index in [4.69, 9.17) is 21.8 Å². The third kappa shape index (κ3) is 2.57. The molecule has 1 saturated carbocycles. The second-order valence-corrected chi connectivity index (χ2v) is 6.56. The molecule has 1 aromatic carbocycles. The smallest absolute Gasteiger partial charge is 0.196 e. The summed E-state index contributed by atoms with van der Waals surface area (Å²) in [5, 5.41) is 0.709. The van der Waals surface area contributed by atoms with Crippen LogP contribution in [0, 0.1) is 12.3 Å². The second kappa shape index (κ2) is 5.38. The third-order valence-electron chi connectivity index (χ3n) is 4.56. The van der Waals surface area contributed by atoms with Gasteiger partial charge in [0.2, 0.25) is 0 Å². The SMILES string of the molecule is Cc1cc(Cl)cc2nc(CC3(CN)CCCCC3)oc12. The molecular formula is C16H21ClN2O. The maximum Gasteiger partial charge on any atom is 0.196 e. The molecule has 0 unspecified atom stereocenters. The molecule has 0 aliphatic heterocycles. The average molecular weight is 293 g/mol. The van der Waals surface area contributed by atoms with Gasteiger partial charge >= 0.3 is 0 Å². The predicted octanol–water partition coefficient (Wildman–Crippen LogP) is 4.24. The molecule has 108 valence electrons. The highest BCUT2D eigenvalue weighted by molar-refractivity contribution is 6.31. The third-order valence-corrected chi connectivity index (χ3v) is 4.78. The van der Waals surface area contributed by atoms with Crippen molar-refractivity contribution in [1.82, 2.24) is 4.98 Å². The maximum atomic E-state index is 6.08. The first kappa shape index (κ1) is 13.9. The van der Waals surface area contributed by atoms with Crippen LogP contribution in [0.4, 0.5) is 0 Å². The number of oxazole rings is 1. The molecule has 1 aliphatic carbocycles. The summed E-state index contributed by atoms with van der Waals surface area (Å²) in [6.07, 6.45) is 7.06. The van der Waals surface area contributed by atoms with E-state index in [9.17, 15) is 0 Å². The molecular weight excluding hydrogens is 272 g/mol. The fourth-order valence-electron chi connectivity index (χ4n) is 3.35. The van der Waals surface area contributed by atoms with Gasteiger partial charge in [-0.2, -0.15) is 0 Å². The Bertz CT molecular complexity index is 614. The van der Waals surface area contributed by atoms with Crippen molar-refractivity contribution in [3.63, 3.8) is 0 Å². The molecule has 0 atom stereocenters. The summed E-state index contributed by atoms with van der Waals surface area (Å²) in [6.45, 7) is 2.72. The predicted molar refractivity (Wildman–Crippen MR) is 82.0 cm³/mol. The molecule has 0 radical (unpaired) electrons. The summed E-state index contributed by atoms with van der Waals surface area (Å²) in [5.74, 6) is 0.803. The Morgan fingerprint density at radius 1 is 1.30 bits per heavy atom. The van der Waals surface area contributed by atoms with Crippen molar-refractivity contribution in [2.24, 2.45) is 11.1 Å². The molecule has 0 amide bonds. The van der Waals surface area contributed by atoms with Crippen molar-refractivity contribution >= 4 is 22.7 Å². The lowest BCUT2D eigenvalue weighted by atomic mass is 9.72. The molecule has 3 rings (SSSR count). The molecule has 0 saturated heterocycles. The molecule has 0 bridgehead atoms. The van der Waals surface area contributed by atoms with Gasteiger partial charge in [-0.25, -0.2) is 4.98 Å². The van der Waals surface area contributed by atoms with Gasteiger partial charge in [0.15, 0.2) is 11.5 Å². The lowest BCUT2D eigenvalue weighted by Gasteiger charge is -2.35. The van der Waals surface area contributed by atoms with Crippen LogP contribution in [0.2, 0.25) is 5.02 Å². The van der Waals surface area contributed by atoms with E-state index in [2.05, 4.69) is 4.98 Å². The zero-order valence-electron chi connectivity index (χ0n) is 11.9. The van der Waals surface area contributed by atoms with Crippen LogP contribution in [0.25, 0.3) is 11.1 Å². The zero-order chi connectivity index (χ0) is 14.2. The lowest BCUT2D eigenvalue weighted by Crippen LogP contribution is -2.35. The van der Waals surface area contributed by atoms with Crippen LogP contribution in [0.3, 0.4) is 0 Å². The molecule has 1 aliphatic rings. The molecule has 4 heteroatoms. The minimum absolute atomic E-state index is 0.177. The fourth-order valence-corrected chi connectivity index (χ4v) is 3.62. The van der Waals surface area contributed by atoms with Gasteiger partial charge in [-0.3, -0.25) is 0 Å². The van der Waals surface area contributed by atoms with Gasteiger partial charge in [-0.05, 0) is 49.4 Å². The number of hydrogen-bond donors (Lipinski definition) is 1. The molecule has 2 aromatic rings. The monoisotopic (exact) mass is 292 g/mol. The molecule has 2 N–H and O–H groups in total. The van der Waals surface area contributed by atoms with Crippen molar-refractivity contribution in [2.75, 3.05) is 6.54 Å². The van der Waals surface area contributed by atoms with Crippen LogP contribution in [0.1, 0.15) is 43.6 Å². The summed E-state index contributed by atoms with van der Waals surface area (Å²) in [5.41, 5.74) is 8.97. The number of fused-ring (bicyclic) bond motifs is 1. The Balaban J connectivity index is 1.92. The minimum Gasteiger partial charge on any atom is -0.440 e. The highest BCUT2D eigenvalue weighted by Gasteiger charge is 2.32. The maximum absolute atomic E-state index is 6.08. The van der Waals surface area contributed by atoms with Crippen molar-refractivity contribution in [3.8, 4) is 0 Å². The molecule has 0 spiro atoms. The first-order chi connectivity index (χ1) is 9.62. The quantitative estimate of drug-likeness (QED) is 0.920. The van der Waals surface area contributed by atoms with Gasteiger partial charge in [0.1, 0.15) is 5.52 Å². The summed E-state index contributed by atoms with van der Waals surface area (Å²) in [6, 6.07) is 3.78. The number of benzene rings is 1. The first-order valence-corrected chi connectivity index (χ1v) is 7.75.